The van der Waals surface area contributed by atoms with Gasteiger partial charge in [0.25, 0.3) is 0 Å². The highest BCUT2D eigenvalue weighted by atomic mass is 35.5. The summed E-state index contributed by atoms with van der Waals surface area (Å²) in [5.74, 6) is 7.08. The average Bonchev–Trinajstić information content (AvgIpc) is 2.33. The first-order chi connectivity index (χ1) is 8.61. The lowest BCUT2D eigenvalue weighted by Gasteiger charge is -2.33. The van der Waals surface area contributed by atoms with Gasteiger partial charge in [-0.1, -0.05) is 37.4 Å². The topological polar surface area (TPSA) is 64.1 Å². The number of hydrogen-bond acceptors (Lipinski definition) is 3. The smallest absolute Gasteiger partial charge is 0.0508 e. The lowest BCUT2D eigenvalue weighted by atomic mass is 9.76. The van der Waals surface area contributed by atoms with Gasteiger partial charge in [-0.3, -0.25) is 11.3 Å². The fraction of sp³-hybridized carbons (Fsp3) is 0.571. The molecule has 0 saturated heterocycles. The standard InChI is InChI=1S/C14H22ClN3/c1-9-3-2-4-10(7-9)14(18-17)12-6-5-11(15)8-13(12)16/h5-6,8-10,14,18H,2-4,7,16-17H2,1H3. The van der Waals surface area contributed by atoms with Crippen LogP contribution in [0, 0.1) is 11.8 Å². The Morgan fingerprint density at radius 1 is 1.39 bits per heavy atom. The molecule has 4 heteroatoms. The summed E-state index contributed by atoms with van der Waals surface area (Å²) in [6.45, 7) is 2.31. The molecule has 2 rings (SSSR count). The highest BCUT2D eigenvalue weighted by molar-refractivity contribution is 6.30. The number of anilines is 1. The van der Waals surface area contributed by atoms with Crippen molar-refractivity contribution in [3.8, 4) is 0 Å². The largest absolute Gasteiger partial charge is 0.398 e. The Morgan fingerprint density at radius 2 is 2.17 bits per heavy atom. The molecule has 0 bridgehead atoms. The number of hydrogen-bond donors (Lipinski definition) is 3. The van der Waals surface area contributed by atoms with Gasteiger partial charge in [-0.2, -0.15) is 0 Å². The maximum Gasteiger partial charge on any atom is 0.0508 e. The van der Waals surface area contributed by atoms with Crippen LogP contribution in [0.25, 0.3) is 0 Å². The molecule has 3 unspecified atom stereocenters. The van der Waals surface area contributed by atoms with Gasteiger partial charge in [0, 0.05) is 10.7 Å². The van der Waals surface area contributed by atoms with Gasteiger partial charge in [-0.15, -0.1) is 0 Å². The highest BCUT2D eigenvalue weighted by Gasteiger charge is 2.28. The molecule has 5 N–H and O–H groups in total. The zero-order valence-electron chi connectivity index (χ0n) is 10.8. The first kappa shape index (κ1) is 13.7. The molecule has 18 heavy (non-hydrogen) atoms. The molecule has 3 nitrogen and oxygen atoms in total. The van der Waals surface area contributed by atoms with Crippen LogP contribution in [0.4, 0.5) is 5.69 Å². The number of nitrogens with one attached hydrogen (secondary N) is 1. The predicted molar refractivity (Wildman–Crippen MR) is 77.1 cm³/mol. The fourth-order valence-corrected chi connectivity index (χ4v) is 3.27. The van der Waals surface area contributed by atoms with Gasteiger partial charge in [0.15, 0.2) is 0 Å². The molecule has 0 aliphatic heterocycles. The van der Waals surface area contributed by atoms with Gasteiger partial charge >= 0.3 is 0 Å². The minimum atomic E-state index is 0.130. The Balaban J connectivity index is 2.21. The van der Waals surface area contributed by atoms with Crippen LogP contribution in [0.1, 0.15) is 44.2 Å². The van der Waals surface area contributed by atoms with E-state index in [1.165, 1.54) is 25.7 Å². The van der Waals surface area contributed by atoms with Crippen LogP contribution in [-0.2, 0) is 0 Å². The van der Waals surface area contributed by atoms with Crippen molar-refractivity contribution in [2.24, 2.45) is 17.7 Å². The second kappa shape index (κ2) is 5.91. The van der Waals surface area contributed by atoms with Crippen molar-refractivity contribution in [1.82, 2.24) is 5.43 Å². The van der Waals surface area contributed by atoms with Crippen molar-refractivity contribution in [2.45, 2.75) is 38.6 Å². The van der Waals surface area contributed by atoms with Gasteiger partial charge in [0.05, 0.1) is 6.04 Å². The van der Waals surface area contributed by atoms with Gasteiger partial charge in [-0.25, -0.2) is 0 Å². The molecule has 1 aromatic carbocycles. The molecule has 1 aliphatic carbocycles. The first-order valence-corrected chi connectivity index (χ1v) is 7.00. The second-order valence-electron chi connectivity index (χ2n) is 5.45. The van der Waals surface area contributed by atoms with Crippen LogP contribution in [0.15, 0.2) is 18.2 Å². The second-order valence-corrected chi connectivity index (χ2v) is 5.89. The van der Waals surface area contributed by atoms with E-state index in [9.17, 15) is 0 Å². The number of nitrogen functional groups attached to an aromatic ring is 1. The van der Waals surface area contributed by atoms with E-state index in [2.05, 4.69) is 12.3 Å². The molecule has 1 saturated carbocycles. The van der Waals surface area contributed by atoms with E-state index in [0.717, 1.165) is 17.2 Å². The number of hydrazine groups is 1. The Morgan fingerprint density at radius 3 is 2.78 bits per heavy atom. The minimum Gasteiger partial charge on any atom is -0.398 e. The van der Waals surface area contributed by atoms with Gasteiger partial charge in [-0.05, 0) is 42.4 Å². The summed E-state index contributed by atoms with van der Waals surface area (Å²) < 4.78 is 0. The predicted octanol–water partition coefficient (Wildman–Crippen LogP) is 3.25. The lowest BCUT2D eigenvalue weighted by molar-refractivity contribution is 0.225. The van der Waals surface area contributed by atoms with Crippen LogP contribution in [0.3, 0.4) is 0 Å². The minimum absolute atomic E-state index is 0.130. The number of halogens is 1. The third-order valence-electron chi connectivity index (χ3n) is 4.01. The van der Waals surface area contributed by atoms with E-state index in [4.69, 9.17) is 23.2 Å². The summed E-state index contributed by atoms with van der Waals surface area (Å²) in [6, 6.07) is 5.80. The van der Waals surface area contributed by atoms with Crippen molar-refractivity contribution >= 4 is 17.3 Å². The van der Waals surface area contributed by atoms with E-state index in [1.54, 1.807) is 6.07 Å². The molecule has 3 atom stereocenters. The van der Waals surface area contributed by atoms with Gasteiger partial charge in [0.1, 0.15) is 0 Å². The molecule has 0 aromatic heterocycles. The van der Waals surface area contributed by atoms with Crippen LogP contribution in [0.2, 0.25) is 5.02 Å². The molecule has 1 fully saturated rings. The number of rotatable bonds is 3. The summed E-state index contributed by atoms with van der Waals surface area (Å²) in [7, 11) is 0. The Kier molecular flexibility index (Phi) is 4.49. The van der Waals surface area contributed by atoms with Crippen molar-refractivity contribution in [3.05, 3.63) is 28.8 Å². The van der Waals surface area contributed by atoms with Gasteiger partial charge < -0.3 is 5.73 Å². The fourth-order valence-electron chi connectivity index (χ4n) is 3.09. The van der Waals surface area contributed by atoms with E-state index in [1.807, 2.05) is 12.1 Å². The molecule has 0 spiro atoms. The molecule has 100 valence electrons. The zero-order valence-corrected chi connectivity index (χ0v) is 11.6. The Bertz CT molecular complexity index is 408. The van der Waals surface area contributed by atoms with Gasteiger partial charge in [0.2, 0.25) is 0 Å². The molecule has 1 aliphatic rings. The van der Waals surface area contributed by atoms with Crippen LogP contribution in [0.5, 0.6) is 0 Å². The van der Waals surface area contributed by atoms with E-state index >= 15 is 0 Å². The molecule has 1 aromatic rings. The van der Waals surface area contributed by atoms with Crippen molar-refractivity contribution in [3.63, 3.8) is 0 Å². The van der Waals surface area contributed by atoms with Crippen molar-refractivity contribution in [1.29, 1.82) is 0 Å². The SMILES string of the molecule is CC1CCCC(C(NN)c2ccc(Cl)cc2N)C1. The maximum atomic E-state index is 6.06. The molecular weight excluding hydrogens is 246 g/mol. The van der Waals surface area contributed by atoms with Crippen molar-refractivity contribution < 1.29 is 0 Å². The summed E-state index contributed by atoms with van der Waals surface area (Å²) in [5.41, 5.74) is 10.8. The maximum absolute atomic E-state index is 6.06. The average molecular weight is 268 g/mol. The third-order valence-corrected chi connectivity index (χ3v) is 4.25. The van der Waals surface area contributed by atoms with Crippen molar-refractivity contribution in [2.75, 3.05) is 5.73 Å². The zero-order chi connectivity index (χ0) is 13.1. The van der Waals surface area contributed by atoms with Crippen LogP contribution >= 0.6 is 11.6 Å². The van der Waals surface area contributed by atoms with Crippen LogP contribution < -0.4 is 17.0 Å². The quantitative estimate of drug-likeness (QED) is 0.447. The summed E-state index contributed by atoms with van der Waals surface area (Å²) in [5, 5.41) is 0.670. The first-order valence-electron chi connectivity index (χ1n) is 6.63. The molecule has 0 amide bonds. The molecular formula is C14H22ClN3. The Labute approximate surface area is 114 Å². The summed E-state index contributed by atoms with van der Waals surface area (Å²) in [6.07, 6.45) is 5.01. The van der Waals surface area contributed by atoms with E-state index in [-0.39, 0.29) is 6.04 Å². The normalized spacial score (nSPS) is 25.9. The lowest BCUT2D eigenvalue weighted by Crippen LogP contribution is -2.36. The van der Waals surface area contributed by atoms with E-state index < -0.39 is 0 Å². The summed E-state index contributed by atoms with van der Waals surface area (Å²) >= 11 is 5.94. The summed E-state index contributed by atoms with van der Waals surface area (Å²) in [4.78, 5) is 0. The number of nitrogens with two attached hydrogens (primary N) is 2. The monoisotopic (exact) mass is 267 g/mol. The third kappa shape index (κ3) is 2.97. The number of benzene rings is 1. The van der Waals surface area contributed by atoms with Crippen LogP contribution in [-0.4, -0.2) is 0 Å². The Hall–Kier alpha value is -0.770. The van der Waals surface area contributed by atoms with E-state index in [0.29, 0.717) is 10.9 Å². The molecule has 0 heterocycles. The molecule has 0 radical (unpaired) electrons. The highest BCUT2D eigenvalue weighted by Crippen LogP contribution is 2.38.